The first kappa shape index (κ1) is 10.2. The molecule has 0 radical (unpaired) electrons. The van der Waals surface area contributed by atoms with Crippen molar-refractivity contribution in [3.63, 3.8) is 0 Å². The number of ether oxygens (including phenoxy) is 2. The quantitative estimate of drug-likeness (QED) is 0.704. The second-order valence-electron chi connectivity index (χ2n) is 3.44. The van der Waals surface area contributed by atoms with Crippen LogP contribution in [0, 0.1) is 5.82 Å². The van der Waals surface area contributed by atoms with E-state index in [1.54, 1.807) is 0 Å². The van der Waals surface area contributed by atoms with Gasteiger partial charge in [-0.05, 0) is 12.1 Å². The smallest absolute Gasteiger partial charge is 0.150 e. The third-order valence-corrected chi connectivity index (χ3v) is 2.25. The summed E-state index contributed by atoms with van der Waals surface area (Å²) >= 11 is 0. The Morgan fingerprint density at radius 2 is 2.27 bits per heavy atom. The molecular weight excluding hydrogens is 201 g/mol. The maximum Gasteiger partial charge on any atom is 0.150 e. The molecule has 2 atom stereocenters. The van der Waals surface area contributed by atoms with Crippen LogP contribution in [0.1, 0.15) is 0 Å². The van der Waals surface area contributed by atoms with Crippen LogP contribution in [0.25, 0.3) is 0 Å². The zero-order valence-corrected chi connectivity index (χ0v) is 8.02. The maximum absolute atomic E-state index is 12.9. The van der Waals surface area contributed by atoms with Crippen LogP contribution in [0.3, 0.4) is 0 Å². The van der Waals surface area contributed by atoms with Crippen molar-refractivity contribution in [1.82, 2.24) is 0 Å². The molecule has 82 valence electrons. The van der Waals surface area contributed by atoms with Gasteiger partial charge in [-0.15, -0.1) is 0 Å². The van der Waals surface area contributed by atoms with Gasteiger partial charge >= 0.3 is 0 Å². The van der Waals surface area contributed by atoms with E-state index in [0.717, 1.165) is 0 Å². The molecule has 1 saturated heterocycles. The molecule has 3 N–H and O–H groups in total. The summed E-state index contributed by atoms with van der Waals surface area (Å²) in [6, 6.07) is 3.87. The minimum Gasteiger partial charge on any atom is -0.483 e. The molecular formula is C10H12FNO3. The third kappa shape index (κ3) is 2.19. The van der Waals surface area contributed by atoms with E-state index in [9.17, 15) is 9.50 Å². The molecule has 1 aromatic carbocycles. The minimum absolute atomic E-state index is 0.236. The van der Waals surface area contributed by atoms with Crippen LogP contribution in [-0.2, 0) is 4.74 Å². The summed E-state index contributed by atoms with van der Waals surface area (Å²) in [7, 11) is 0. The van der Waals surface area contributed by atoms with Crippen molar-refractivity contribution in [2.24, 2.45) is 0 Å². The number of halogens is 1. The Morgan fingerprint density at radius 3 is 2.93 bits per heavy atom. The first-order valence-corrected chi connectivity index (χ1v) is 4.64. The van der Waals surface area contributed by atoms with Gasteiger partial charge in [0.25, 0.3) is 0 Å². The topological polar surface area (TPSA) is 64.7 Å². The fraction of sp³-hybridized carbons (Fsp3) is 0.400. The van der Waals surface area contributed by atoms with Gasteiger partial charge in [-0.1, -0.05) is 0 Å². The highest BCUT2D eigenvalue weighted by Crippen LogP contribution is 2.25. The van der Waals surface area contributed by atoms with Crippen LogP contribution < -0.4 is 10.5 Å². The lowest BCUT2D eigenvalue weighted by Gasteiger charge is -2.16. The summed E-state index contributed by atoms with van der Waals surface area (Å²) < 4.78 is 23.3. The van der Waals surface area contributed by atoms with E-state index < -0.39 is 18.0 Å². The second kappa shape index (κ2) is 4.04. The third-order valence-electron chi connectivity index (χ3n) is 2.25. The number of aliphatic hydroxyl groups is 1. The van der Waals surface area contributed by atoms with E-state index >= 15 is 0 Å². The lowest BCUT2D eigenvalue weighted by Crippen LogP contribution is -2.30. The Bertz CT molecular complexity index is 359. The zero-order valence-electron chi connectivity index (χ0n) is 8.02. The van der Waals surface area contributed by atoms with E-state index in [1.807, 2.05) is 0 Å². The van der Waals surface area contributed by atoms with Crippen LogP contribution in [0.4, 0.5) is 10.1 Å². The van der Waals surface area contributed by atoms with Gasteiger partial charge in [-0.3, -0.25) is 0 Å². The lowest BCUT2D eigenvalue weighted by molar-refractivity contribution is 0.0736. The highest BCUT2D eigenvalue weighted by atomic mass is 19.1. The lowest BCUT2D eigenvalue weighted by atomic mass is 10.2. The van der Waals surface area contributed by atoms with Gasteiger partial charge < -0.3 is 20.3 Å². The first-order valence-electron chi connectivity index (χ1n) is 4.64. The fourth-order valence-electron chi connectivity index (χ4n) is 1.41. The fourth-order valence-corrected chi connectivity index (χ4v) is 1.41. The average Bonchev–Trinajstić information content (AvgIpc) is 2.58. The van der Waals surface area contributed by atoms with E-state index in [4.69, 9.17) is 15.2 Å². The Kier molecular flexibility index (Phi) is 2.75. The molecule has 1 fully saturated rings. The van der Waals surface area contributed by atoms with Gasteiger partial charge in [0.2, 0.25) is 0 Å². The van der Waals surface area contributed by atoms with Gasteiger partial charge in [-0.25, -0.2) is 4.39 Å². The Hall–Kier alpha value is -1.33. The minimum atomic E-state index is -0.687. The first-order chi connectivity index (χ1) is 7.16. The van der Waals surface area contributed by atoms with Crippen molar-refractivity contribution in [3.05, 3.63) is 24.0 Å². The van der Waals surface area contributed by atoms with E-state index in [2.05, 4.69) is 0 Å². The number of hydrogen-bond acceptors (Lipinski definition) is 4. The van der Waals surface area contributed by atoms with Gasteiger partial charge in [0, 0.05) is 6.07 Å². The van der Waals surface area contributed by atoms with Gasteiger partial charge in [-0.2, -0.15) is 0 Å². The second-order valence-corrected chi connectivity index (χ2v) is 3.44. The van der Waals surface area contributed by atoms with Gasteiger partial charge in [0.1, 0.15) is 17.7 Å². The molecule has 0 spiro atoms. The normalized spacial score (nSPS) is 25.5. The largest absolute Gasteiger partial charge is 0.483 e. The molecule has 1 aromatic rings. The van der Waals surface area contributed by atoms with Crippen LogP contribution in [0.5, 0.6) is 5.75 Å². The Morgan fingerprint density at radius 1 is 1.47 bits per heavy atom. The molecule has 0 amide bonds. The molecule has 2 rings (SSSR count). The molecule has 4 nitrogen and oxygen atoms in total. The summed E-state index contributed by atoms with van der Waals surface area (Å²) in [5, 5.41) is 9.43. The number of nitrogens with two attached hydrogens (primary N) is 1. The van der Waals surface area contributed by atoms with Crippen molar-refractivity contribution < 1.29 is 19.0 Å². The number of aliphatic hydroxyl groups excluding tert-OH is 1. The molecule has 1 aliphatic rings. The predicted octanol–water partition coefficient (Wildman–Crippen LogP) is 0.546. The number of nitrogen functional groups attached to an aromatic ring is 1. The van der Waals surface area contributed by atoms with Gasteiger partial charge in [0.15, 0.2) is 6.10 Å². The summed E-state index contributed by atoms with van der Waals surface area (Å²) in [5.74, 6) is -0.183. The van der Waals surface area contributed by atoms with E-state index in [-0.39, 0.29) is 19.0 Å². The van der Waals surface area contributed by atoms with Crippen LogP contribution in [0.2, 0.25) is 0 Å². The number of hydrogen-bond donors (Lipinski definition) is 2. The number of rotatable bonds is 2. The van der Waals surface area contributed by atoms with Gasteiger partial charge in [0.05, 0.1) is 18.9 Å². The molecule has 0 aromatic heterocycles. The monoisotopic (exact) mass is 213 g/mol. The van der Waals surface area contributed by atoms with Crippen LogP contribution in [-0.4, -0.2) is 30.5 Å². The summed E-state index contributed by atoms with van der Waals surface area (Å²) in [5.41, 5.74) is 5.94. The van der Waals surface area contributed by atoms with E-state index in [1.165, 1.54) is 18.2 Å². The molecule has 0 aliphatic carbocycles. The number of anilines is 1. The Labute approximate surface area is 86.4 Å². The van der Waals surface area contributed by atoms with Crippen LogP contribution >= 0.6 is 0 Å². The molecule has 0 saturated carbocycles. The predicted molar refractivity (Wildman–Crippen MR) is 52.1 cm³/mol. The maximum atomic E-state index is 12.9. The molecule has 0 bridgehead atoms. The number of benzene rings is 1. The highest BCUT2D eigenvalue weighted by molar-refractivity contribution is 5.52. The standard InChI is InChI=1S/C10H12FNO3/c11-6-1-2-7(12)9(3-6)15-10-5-14-4-8(10)13/h1-3,8,10,13H,4-5,12H2/t8-,10+/m0/s1. The van der Waals surface area contributed by atoms with Crippen molar-refractivity contribution in [1.29, 1.82) is 0 Å². The highest BCUT2D eigenvalue weighted by Gasteiger charge is 2.28. The average molecular weight is 213 g/mol. The molecule has 5 heteroatoms. The van der Waals surface area contributed by atoms with Crippen molar-refractivity contribution in [2.45, 2.75) is 12.2 Å². The van der Waals surface area contributed by atoms with Crippen LogP contribution in [0.15, 0.2) is 18.2 Å². The molecule has 1 heterocycles. The molecule has 15 heavy (non-hydrogen) atoms. The molecule has 1 aliphatic heterocycles. The summed E-state index contributed by atoms with van der Waals surface area (Å²) in [4.78, 5) is 0. The zero-order chi connectivity index (χ0) is 10.8. The van der Waals surface area contributed by atoms with Crippen molar-refractivity contribution in [2.75, 3.05) is 18.9 Å². The van der Waals surface area contributed by atoms with E-state index in [0.29, 0.717) is 5.69 Å². The van der Waals surface area contributed by atoms with Crippen molar-refractivity contribution in [3.8, 4) is 5.75 Å². The summed E-state index contributed by atoms with van der Waals surface area (Å²) in [6.07, 6.45) is -1.17. The summed E-state index contributed by atoms with van der Waals surface area (Å²) in [6.45, 7) is 0.525. The van der Waals surface area contributed by atoms with Crippen molar-refractivity contribution >= 4 is 5.69 Å². The SMILES string of the molecule is Nc1ccc(F)cc1O[C@@H]1COC[C@@H]1O. The molecule has 0 unspecified atom stereocenters. The Balaban J connectivity index is 2.12.